The Balaban J connectivity index is 0.00000149. The molecule has 0 aliphatic carbocycles. The molecule has 0 radical (unpaired) electrons. The third-order valence-electron chi connectivity index (χ3n) is 15.7. The van der Waals surface area contributed by atoms with Gasteiger partial charge < -0.3 is 172 Å². The van der Waals surface area contributed by atoms with Gasteiger partial charge in [-0.2, -0.15) is 9.59 Å². The lowest BCUT2D eigenvalue weighted by molar-refractivity contribution is -0.192. The normalized spacial score (nSPS) is 9.43. The van der Waals surface area contributed by atoms with E-state index in [-0.39, 0.29) is 144 Å². The van der Waals surface area contributed by atoms with Crippen molar-refractivity contribution in [2.24, 2.45) is 0 Å². The second-order valence-corrected chi connectivity index (χ2v) is 25.6. The summed E-state index contributed by atoms with van der Waals surface area (Å²) in [6.07, 6.45) is 0.486. The monoisotopic (exact) mass is 1940 g/mol. The molecule has 0 saturated heterocycles. The molecule has 0 aromatic heterocycles. The van der Waals surface area contributed by atoms with E-state index in [2.05, 4.69) is 18.9 Å². The number of ether oxygens (including phenoxy) is 4. The largest absolute Gasteiger partial charge is 0.508 e. The van der Waals surface area contributed by atoms with E-state index >= 15 is 0 Å². The molecule has 0 saturated carbocycles. The molecular formula is C89H84O49. The van der Waals surface area contributed by atoms with E-state index in [1.54, 1.807) is 32.9 Å². The SMILES string of the molecule is CCOC(=O)c1cc(O)c(O)c(O)c1.COC(=O)c1cc(O)cc(C(=O)OC)c1.COC(=O)c1cc(O)cc(O)c1.Cc1ccc(O)c(C)c1O.O=C(O)CCc1ccc(O)cc1O.O=C(O)c1c(O)cccc1O.O=C(O)c1cc(O)c(O)c(O)c1.O=C(O)c1cc(O)cc(C(=O)O)c1.O=C(O)c1cc(O)cc(O)c1.O=C(O)c1ccc(O)c(C(=O)O)c1.O=C(O)c1ccc(O)cc1O.O=C=O. The molecule has 49 heteroatoms. The predicted molar refractivity (Wildman–Crippen MR) is 462 cm³/mol. The minimum absolute atomic E-state index is 0.0142. The van der Waals surface area contributed by atoms with Crippen LogP contribution in [0.2, 0.25) is 0 Å². The maximum absolute atomic E-state index is 11.1. The van der Waals surface area contributed by atoms with Gasteiger partial charge in [0.05, 0.1) is 78.0 Å². The molecule has 0 fully saturated rings. The number of carbonyl (C=O) groups is 13. The zero-order valence-corrected chi connectivity index (χ0v) is 71.6. The molecular weight excluding hydrogens is 1850 g/mol. The molecule has 11 aromatic rings. The Kier molecular flexibility index (Phi) is 49.1. The molecule has 734 valence electrons. The predicted octanol–water partition coefficient (Wildman–Crippen LogP) is 9.54. The molecule has 11 aromatic carbocycles. The standard InChI is InChI=1S/C10H10O5.C9H10O5.C9H10O4.2C8H6O5.C8H8O4.C8H10O2.C7H6O5.3C7H6O4.CO2/c1-14-9(12)6-3-7(10(13)15-2)5-8(11)4-6;1-2-14-9(13)5-3-6(10)8(12)7(11)4-5;10-7-3-1-6(8(11)5-7)2-4-9(12)13;9-6-2-4(7(10)11)1-5(3-6)8(12)13;9-6-2-1-4(7(10)11)3-5(6)8(12)13;1-12-8(11)5-2-6(9)4-7(10)3-5;1-5-3-4-7(9)6(2)8(5)10;8-4-1-3(7(11)12)2-5(9)6(4)10;8-5-1-4(7(10)11)2-6(9)3-5;8-4-1-2-5(7(10)11)6(9)3-4;8-4-2-1-3-5(9)6(4)7(10)11;2-1-3/h3-5,11H,1-2H3;3-4,10-12H,2H2,1H3;1,3,5,10-11H,2,4H2,(H,12,13);2*1-3,9H,(H,10,11)(H,12,13);2-4,9-10H,1H3;3-4,9-10H,1-2H3;1-2,8-10H,(H,11,12);3*1-3,8-9H,(H,10,11);. The zero-order chi connectivity index (χ0) is 106. The highest BCUT2D eigenvalue weighted by Gasteiger charge is 2.20. The molecule has 0 bridgehead atoms. The fourth-order valence-corrected chi connectivity index (χ4v) is 9.27. The number of rotatable bonds is 16. The molecule has 0 amide bonds. The topological polar surface area (TPSA) is 900 Å². The molecule has 11 rings (SSSR count). The van der Waals surface area contributed by atoms with Crippen LogP contribution in [0.15, 0.2) is 182 Å². The Morgan fingerprint density at radius 1 is 0.268 bits per heavy atom. The maximum atomic E-state index is 11.1. The Morgan fingerprint density at radius 3 is 0.913 bits per heavy atom. The van der Waals surface area contributed by atoms with Gasteiger partial charge in [0, 0.05) is 36.2 Å². The first-order valence-electron chi connectivity index (χ1n) is 36.9. The number of carbonyl (C=O) groups excluding carboxylic acids is 6. The minimum atomic E-state index is -1.36. The van der Waals surface area contributed by atoms with E-state index in [0.717, 1.165) is 103 Å². The summed E-state index contributed by atoms with van der Waals surface area (Å²) in [4.78, 5) is 154. The van der Waals surface area contributed by atoms with E-state index in [1.807, 2.05) is 0 Å². The van der Waals surface area contributed by atoms with E-state index in [0.29, 0.717) is 11.1 Å². The number of hydrogen-bond donors (Lipinski definition) is 30. The fourth-order valence-electron chi connectivity index (χ4n) is 9.27. The van der Waals surface area contributed by atoms with Crippen LogP contribution < -0.4 is 0 Å². The summed E-state index contributed by atoms with van der Waals surface area (Å²) in [6.45, 7) is 5.30. The van der Waals surface area contributed by atoms with Crippen molar-refractivity contribution in [3.63, 3.8) is 0 Å². The lowest BCUT2D eigenvalue weighted by atomic mass is 10.1. The number of aryl methyl sites for hydroxylation is 2. The summed E-state index contributed by atoms with van der Waals surface area (Å²) in [5.41, 5.74) is -0.0496. The first kappa shape index (κ1) is 118. The van der Waals surface area contributed by atoms with Gasteiger partial charge in [0.25, 0.3) is 0 Å². The maximum Gasteiger partial charge on any atom is 0.373 e. The smallest absolute Gasteiger partial charge is 0.373 e. The summed E-state index contributed by atoms with van der Waals surface area (Å²) < 4.78 is 17.9. The highest BCUT2D eigenvalue weighted by molar-refractivity contribution is 5.99. The quantitative estimate of drug-likeness (QED) is 0.0243. The molecule has 138 heavy (non-hydrogen) atoms. The van der Waals surface area contributed by atoms with Gasteiger partial charge in [-0.05, 0) is 178 Å². The van der Waals surface area contributed by atoms with Crippen LogP contribution in [0.5, 0.6) is 121 Å². The summed E-state index contributed by atoms with van der Waals surface area (Å²) in [6, 6.07) is 34.6. The zero-order valence-electron chi connectivity index (χ0n) is 71.6. The van der Waals surface area contributed by atoms with Gasteiger partial charge in [0.1, 0.15) is 103 Å². The van der Waals surface area contributed by atoms with Crippen molar-refractivity contribution in [1.29, 1.82) is 0 Å². The first-order chi connectivity index (χ1) is 64.3. The molecule has 0 aliphatic rings. The van der Waals surface area contributed by atoms with Crippen molar-refractivity contribution in [3.05, 3.63) is 265 Å². The number of carboxylic acid groups (broad SMARTS) is 9. The number of esters is 4. The number of carboxylic acids is 9. The van der Waals surface area contributed by atoms with Crippen LogP contribution in [-0.2, 0) is 39.8 Å². The lowest BCUT2D eigenvalue weighted by Crippen LogP contribution is -2.06. The molecule has 49 nitrogen and oxygen atoms in total. The van der Waals surface area contributed by atoms with Gasteiger partial charge in [0.15, 0.2) is 34.5 Å². The van der Waals surface area contributed by atoms with Crippen LogP contribution in [0.3, 0.4) is 0 Å². The van der Waals surface area contributed by atoms with Gasteiger partial charge >= 0.3 is 83.8 Å². The second-order valence-electron chi connectivity index (χ2n) is 25.6. The van der Waals surface area contributed by atoms with Gasteiger partial charge in [-0.25, -0.2) is 57.5 Å². The van der Waals surface area contributed by atoms with Gasteiger partial charge in [0.2, 0.25) is 0 Å². The Bertz CT molecular complexity index is 6020. The molecule has 0 unspecified atom stereocenters. The van der Waals surface area contributed by atoms with Crippen LogP contribution in [0.1, 0.15) is 154 Å². The van der Waals surface area contributed by atoms with Gasteiger partial charge in [-0.1, -0.05) is 18.2 Å². The van der Waals surface area contributed by atoms with Crippen molar-refractivity contribution >= 4 is 83.8 Å². The van der Waals surface area contributed by atoms with E-state index in [9.17, 15) is 77.6 Å². The Morgan fingerprint density at radius 2 is 0.587 bits per heavy atom. The van der Waals surface area contributed by atoms with Crippen LogP contribution in [0, 0.1) is 13.8 Å². The number of aromatic hydroxyl groups is 21. The number of aliphatic carboxylic acids is 1. The first-order valence-corrected chi connectivity index (χ1v) is 36.9. The third-order valence-corrected chi connectivity index (χ3v) is 15.7. The number of hydrogen-bond acceptors (Lipinski definition) is 40. The van der Waals surface area contributed by atoms with Gasteiger partial charge in [-0.3, -0.25) is 4.79 Å². The van der Waals surface area contributed by atoms with E-state index < -0.39 is 146 Å². The summed E-state index contributed by atoms with van der Waals surface area (Å²) in [7, 11) is 3.65. The van der Waals surface area contributed by atoms with Crippen LogP contribution in [-0.4, -0.2) is 265 Å². The Labute approximate surface area is 772 Å². The summed E-state index contributed by atoms with van der Waals surface area (Å²) in [5.74, 6) is -20.6. The molecule has 0 atom stereocenters. The lowest BCUT2D eigenvalue weighted by Gasteiger charge is -2.04. The highest BCUT2D eigenvalue weighted by atomic mass is 16.5. The number of benzene rings is 11. The van der Waals surface area contributed by atoms with Crippen molar-refractivity contribution in [2.45, 2.75) is 33.6 Å². The minimum Gasteiger partial charge on any atom is -0.508 e. The van der Waals surface area contributed by atoms with Crippen LogP contribution >= 0.6 is 0 Å². The molecule has 0 heterocycles. The second kappa shape index (κ2) is 57.6. The highest BCUT2D eigenvalue weighted by Crippen LogP contribution is 2.38. The number of phenols is 21. The molecule has 0 aliphatic heterocycles. The fraction of sp³-hybridized carbons (Fsp3) is 0.101. The van der Waals surface area contributed by atoms with Gasteiger partial charge in [-0.15, -0.1) is 0 Å². The van der Waals surface area contributed by atoms with Crippen molar-refractivity contribution < 1.29 is 244 Å². The van der Waals surface area contributed by atoms with Crippen molar-refractivity contribution in [1.82, 2.24) is 0 Å². The molecule has 30 N–H and O–H groups in total. The average Bonchev–Trinajstić information content (AvgIpc) is 0.841. The number of aromatic carboxylic acids is 8. The summed E-state index contributed by atoms with van der Waals surface area (Å²) >= 11 is 0. The summed E-state index contributed by atoms with van der Waals surface area (Å²) in [5, 5.41) is 265. The van der Waals surface area contributed by atoms with Crippen LogP contribution in [0.4, 0.5) is 0 Å². The average molecular weight is 1940 g/mol. The number of phenolic OH excluding ortho intramolecular Hbond substituents is 17. The van der Waals surface area contributed by atoms with E-state index in [1.165, 1.54) is 94.1 Å². The Hall–Kier alpha value is -20.3. The van der Waals surface area contributed by atoms with Crippen LogP contribution in [0.25, 0.3) is 0 Å². The van der Waals surface area contributed by atoms with Crippen molar-refractivity contribution in [3.8, 4) is 121 Å². The van der Waals surface area contributed by atoms with E-state index in [4.69, 9.17) is 147 Å². The number of methoxy groups -OCH3 is 3. The van der Waals surface area contributed by atoms with Crippen molar-refractivity contribution in [2.75, 3.05) is 27.9 Å². The third kappa shape index (κ3) is 41.4. The molecule has 0 spiro atoms.